The third-order valence-electron chi connectivity index (χ3n) is 4.23. The number of fused-ring (bicyclic) bond motifs is 1. The molecule has 1 aromatic heterocycles. The molecule has 6 nitrogen and oxygen atoms in total. The molecule has 1 aliphatic rings. The number of aromatic hydroxyl groups is 1. The van der Waals surface area contributed by atoms with Gasteiger partial charge in [0.25, 0.3) is 0 Å². The molecule has 6 heteroatoms. The second-order valence-corrected chi connectivity index (χ2v) is 5.70. The van der Waals surface area contributed by atoms with Crippen molar-refractivity contribution < 1.29 is 9.84 Å². The van der Waals surface area contributed by atoms with Crippen molar-refractivity contribution in [1.82, 2.24) is 10.2 Å². The number of ether oxygens (including phenoxy) is 1. The lowest BCUT2D eigenvalue weighted by Crippen LogP contribution is -2.20. The maximum Gasteiger partial charge on any atom is 0.244 e. The molecule has 0 radical (unpaired) electrons. The van der Waals surface area contributed by atoms with Crippen LogP contribution in [0.4, 0.5) is 0 Å². The van der Waals surface area contributed by atoms with E-state index in [1.807, 2.05) is 30.3 Å². The Morgan fingerprint density at radius 2 is 1.84 bits per heavy atom. The van der Waals surface area contributed by atoms with Gasteiger partial charge in [-0.1, -0.05) is 42.5 Å². The van der Waals surface area contributed by atoms with E-state index in [9.17, 15) is 10.4 Å². The van der Waals surface area contributed by atoms with Gasteiger partial charge in [0.2, 0.25) is 11.8 Å². The number of nitriles is 1. The standard InChI is InChI=1S/C19H14N4O2/c20-10-14-15(11-6-8-13(24)9-7-11)16-17(12-4-2-1-3-5-12)22-23-19(16)25-18(14)21/h1-9,15,24H,21H2,(H,22,23)/t15-/m0/s1. The first-order chi connectivity index (χ1) is 12.2. The van der Waals surface area contributed by atoms with E-state index in [1.165, 1.54) is 0 Å². The number of rotatable bonds is 2. The van der Waals surface area contributed by atoms with Crippen LogP contribution in [0, 0.1) is 11.3 Å². The minimum atomic E-state index is -0.427. The summed E-state index contributed by atoms with van der Waals surface area (Å²) in [5.74, 6) is 0.123. The van der Waals surface area contributed by atoms with E-state index < -0.39 is 5.92 Å². The first kappa shape index (κ1) is 14.8. The van der Waals surface area contributed by atoms with E-state index in [1.54, 1.807) is 24.3 Å². The van der Waals surface area contributed by atoms with Crippen molar-refractivity contribution in [3.8, 4) is 29.0 Å². The molecule has 25 heavy (non-hydrogen) atoms. The van der Waals surface area contributed by atoms with Crippen LogP contribution < -0.4 is 10.5 Å². The van der Waals surface area contributed by atoms with E-state index in [0.29, 0.717) is 11.5 Å². The molecule has 2 heterocycles. The van der Waals surface area contributed by atoms with Gasteiger partial charge in [0, 0.05) is 0 Å². The van der Waals surface area contributed by atoms with Crippen LogP contribution in [0.25, 0.3) is 11.3 Å². The van der Waals surface area contributed by atoms with Crippen molar-refractivity contribution in [3.05, 3.63) is 77.2 Å². The van der Waals surface area contributed by atoms with Gasteiger partial charge in [0.1, 0.15) is 17.4 Å². The predicted molar refractivity (Wildman–Crippen MR) is 91.4 cm³/mol. The van der Waals surface area contributed by atoms with Gasteiger partial charge in [0.15, 0.2) is 0 Å². The number of hydrogen-bond acceptors (Lipinski definition) is 5. The summed E-state index contributed by atoms with van der Waals surface area (Å²) < 4.78 is 5.56. The first-order valence-electron chi connectivity index (χ1n) is 7.69. The highest BCUT2D eigenvalue weighted by Crippen LogP contribution is 2.45. The van der Waals surface area contributed by atoms with Gasteiger partial charge in [-0.3, -0.25) is 5.10 Å². The van der Waals surface area contributed by atoms with Crippen molar-refractivity contribution in [3.63, 3.8) is 0 Å². The van der Waals surface area contributed by atoms with Gasteiger partial charge < -0.3 is 15.6 Å². The number of H-pyrrole nitrogens is 1. The molecule has 1 atom stereocenters. The van der Waals surface area contributed by atoms with Crippen molar-refractivity contribution >= 4 is 0 Å². The summed E-state index contributed by atoms with van der Waals surface area (Å²) in [5.41, 5.74) is 9.53. The summed E-state index contributed by atoms with van der Waals surface area (Å²) in [6.45, 7) is 0. The monoisotopic (exact) mass is 330 g/mol. The second kappa shape index (κ2) is 5.73. The minimum Gasteiger partial charge on any atom is -0.508 e. The highest BCUT2D eigenvalue weighted by molar-refractivity contribution is 5.70. The zero-order valence-electron chi connectivity index (χ0n) is 13.1. The van der Waals surface area contributed by atoms with E-state index in [0.717, 1.165) is 22.4 Å². The maximum atomic E-state index is 9.62. The number of hydrogen-bond donors (Lipinski definition) is 3. The fraction of sp³-hybridized carbons (Fsp3) is 0.0526. The van der Waals surface area contributed by atoms with Crippen LogP contribution in [0.2, 0.25) is 0 Å². The first-order valence-corrected chi connectivity index (χ1v) is 7.69. The molecule has 0 aliphatic carbocycles. The third kappa shape index (κ3) is 2.39. The van der Waals surface area contributed by atoms with Crippen LogP contribution in [-0.2, 0) is 0 Å². The van der Waals surface area contributed by atoms with Gasteiger partial charge in [-0.25, -0.2) is 0 Å². The van der Waals surface area contributed by atoms with Crippen LogP contribution in [0.15, 0.2) is 66.1 Å². The third-order valence-corrected chi connectivity index (χ3v) is 4.23. The van der Waals surface area contributed by atoms with Gasteiger partial charge in [-0.05, 0) is 23.3 Å². The summed E-state index contributed by atoms with van der Waals surface area (Å²) in [7, 11) is 0. The highest BCUT2D eigenvalue weighted by atomic mass is 16.5. The summed E-state index contributed by atoms with van der Waals surface area (Å²) in [4.78, 5) is 0. The number of allylic oxidation sites excluding steroid dienone is 1. The van der Waals surface area contributed by atoms with Gasteiger partial charge in [-0.15, -0.1) is 5.10 Å². The minimum absolute atomic E-state index is 0.0409. The Hall–Kier alpha value is -3.72. The zero-order valence-corrected chi connectivity index (χ0v) is 13.1. The Bertz CT molecular complexity index is 998. The van der Waals surface area contributed by atoms with Crippen molar-refractivity contribution in [2.75, 3.05) is 0 Å². The number of nitrogens with one attached hydrogen (secondary N) is 1. The molecule has 0 bridgehead atoms. The molecule has 4 N–H and O–H groups in total. The lowest BCUT2D eigenvalue weighted by molar-refractivity contribution is 0.379. The summed E-state index contributed by atoms with van der Waals surface area (Å²) in [6.07, 6.45) is 0. The average molecular weight is 330 g/mol. The fourth-order valence-corrected chi connectivity index (χ4v) is 3.07. The van der Waals surface area contributed by atoms with Crippen molar-refractivity contribution in [2.24, 2.45) is 5.73 Å². The number of nitrogens with zero attached hydrogens (tertiary/aromatic N) is 2. The second-order valence-electron chi connectivity index (χ2n) is 5.70. The van der Waals surface area contributed by atoms with E-state index in [2.05, 4.69) is 16.3 Å². The van der Waals surface area contributed by atoms with Gasteiger partial charge >= 0.3 is 0 Å². The molecule has 2 aromatic carbocycles. The molecule has 0 fully saturated rings. The number of benzene rings is 2. The number of nitrogens with two attached hydrogens (primary N) is 1. The van der Waals surface area contributed by atoms with E-state index in [-0.39, 0.29) is 11.6 Å². The van der Waals surface area contributed by atoms with Crippen LogP contribution >= 0.6 is 0 Å². The zero-order chi connectivity index (χ0) is 17.4. The molecule has 0 unspecified atom stereocenters. The molecule has 3 aromatic rings. The molecule has 0 amide bonds. The molecular weight excluding hydrogens is 316 g/mol. The molecule has 0 saturated heterocycles. The Morgan fingerprint density at radius 3 is 2.52 bits per heavy atom. The largest absolute Gasteiger partial charge is 0.508 e. The summed E-state index contributed by atoms with van der Waals surface area (Å²) in [6, 6.07) is 18.5. The summed E-state index contributed by atoms with van der Waals surface area (Å²) >= 11 is 0. The van der Waals surface area contributed by atoms with Crippen LogP contribution in [0.5, 0.6) is 11.6 Å². The Labute approximate surface area is 143 Å². The van der Waals surface area contributed by atoms with Crippen LogP contribution in [0.3, 0.4) is 0 Å². The number of aromatic amines is 1. The lowest BCUT2D eigenvalue weighted by atomic mass is 9.83. The quantitative estimate of drug-likeness (QED) is 0.669. The van der Waals surface area contributed by atoms with Gasteiger partial charge in [-0.2, -0.15) is 5.26 Å². The molecule has 0 saturated carbocycles. The van der Waals surface area contributed by atoms with E-state index in [4.69, 9.17) is 10.5 Å². The highest BCUT2D eigenvalue weighted by Gasteiger charge is 2.35. The topological polar surface area (TPSA) is 108 Å². The van der Waals surface area contributed by atoms with Crippen LogP contribution in [-0.4, -0.2) is 15.3 Å². The Balaban J connectivity index is 1.95. The number of phenolic OH excluding ortho intramolecular Hbond substituents is 1. The van der Waals surface area contributed by atoms with Crippen molar-refractivity contribution in [2.45, 2.75) is 5.92 Å². The SMILES string of the molecule is N#CC1=C(N)Oc2n[nH]c(-c3ccccc3)c2[C@H]1c1ccc(O)cc1. The molecular formula is C19H14N4O2. The van der Waals surface area contributed by atoms with Crippen molar-refractivity contribution in [1.29, 1.82) is 5.26 Å². The summed E-state index contributed by atoms with van der Waals surface area (Å²) in [5, 5.41) is 26.4. The molecule has 1 aliphatic heterocycles. The maximum absolute atomic E-state index is 9.62. The van der Waals surface area contributed by atoms with E-state index >= 15 is 0 Å². The van der Waals surface area contributed by atoms with Crippen LogP contribution in [0.1, 0.15) is 17.0 Å². The Kier molecular flexibility index (Phi) is 3.40. The van der Waals surface area contributed by atoms with Gasteiger partial charge in [0.05, 0.1) is 17.2 Å². The molecule has 122 valence electrons. The number of phenols is 1. The molecule has 4 rings (SSSR count). The smallest absolute Gasteiger partial charge is 0.244 e. The fourth-order valence-electron chi connectivity index (χ4n) is 3.07. The number of aromatic nitrogens is 2. The normalized spacial score (nSPS) is 16.0. The lowest BCUT2D eigenvalue weighted by Gasteiger charge is -2.24. The molecule has 0 spiro atoms. The average Bonchev–Trinajstić information content (AvgIpc) is 3.05. The Morgan fingerprint density at radius 1 is 1.12 bits per heavy atom. The predicted octanol–water partition coefficient (Wildman–Crippen LogP) is 3.00.